The van der Waals surface area contributed by atoms with Crippen molar-refractivity contribution in [1.82, 2.24) is 9.88 Å². The number of carbonyl (C=O) groups is 1. The number of nitrogens with zero attached hydrogens (tertiary/aromatic N) is 2. The van der Waals surface area contributed by atoms with Gasteiger partial charge in [0, 0.05) is 28.7 Å². The molecule has 0 fully saturated rings. The van der Waals surface area contributed by atoms with Crippen molar-refractivity contribution >= 4 is 21.8 Å². The van der Waals surface area contributed by atoms with Gasteiger partial charge in [0.25, 0.3) is 5.91 Å². The molecule has 1 aromatic heterocycles. The maximum atomic E-state index is 13.4. The van der Waals surface area contributed by atoms with E-state index in [1.54, 1.807) is 6.20 Å². The van der Waals surface area contributed by atoms with Gasteiger partial charge in [0.2, 0.25) is 5.89 Å². The molecule has 30 heavy (non-hydrogen) atoms. The number of oxazole rings is 1. The quantitative estimate of drug-likeness (QED) is 0.379. The minimum atomic E-state index is 0.00324. The fourth-order valence-corrected chi connectivity index (χ4v) is 4.11. The third kappa shape index (κ3) is 3.57. The van der Waals surface area contributed by atoms with Gasteiger partial charge in [-0.15, -0.1) is 0 Å². The van der Waals surface area contributed by atoms with Gasteiger partial charge in [0.05, 0.1) is 11.8 Å². The molecule has 4 aromatic rings. The molecule has 0 saturated carbocycles. The number of hydrogen-bond acceptors (Lipinski definition) is 3. The van der Waals surface area contributed by atoms with E-state index in [0.717, 1.165) is 16.5 Å². The van der Waals surface area contributed by atoms with Crippen LogP contribution in [0.25, 0.3) is 22.8 Å². The summed E-state index contributed by atoms with van der Waals surface area (Å²) in [6.45, 7) is 1.33. The molecule has 148 valence electrons. The van der Waals surface area contributed by atoms with Gasteiger partial charge in [-0.1, -0.05) is 64.5 Å². The molecule has 0 N–H and O–H groups in total. The van der Waals surface area contributed by atoms with E-state index in [4.69, 9.17) is 4.42 Å². The summed E-state index contributed by atoms with van der Waals surface area (Å²) in [6.07, 6.45) is 2.58. The summed E-state index contributed by atoms with van der Waals surface area (Å²) < 4.78 is 7.04. The highest BCUT2D eigenvalue weighted by atomic mass is 79.9. The molecule has 0 aliphatic carbocycles. The van der Waals surface area contributed by atoms with Crippen LogP contribution in [-0.4, -0.2) is 22.3 Å². The maximum Gasteiger partial charge on any atom is 0.254 e. The van der Waals surface area contributed by atoms with E-state index in [0.29, 0.717) is 35.9 Å². The summed E-state index contributed by atoms with van der Waals surface area (Å²) in [6, 6.07) is 23.7. The molecule has 0 unspecified atom stereocenters. The van der Waals surface area contributed by atoms with Crippen LogP contribution in [0.2, 0.25) is 0 Å². The molecular formula is C25H19BrN2O2. The van der Waals surface area contributed by atoms with Gasteiger partial charge in [0.15, 0.2) is 5.76 Å². The Bertz CT molecular complexity index is 1210. The number of aromatic nitrogens is 1. The number of fused-ring (bicyclic) bond motifs is 1. The second-order valence-corrected chi connectivity index (χ2v) is 8.24. The zero-order chi connectivity index (χ0) is 20.5. The smallest absolute Gasteiger partial charge is 0.254 e. The maximum absolute atomic E-state index is 13.4. The summed E-state index contributed by atoms with van der Waals surface area (Å²) in [5.74, 6) is 1.13. The van der Waals surface area contributed by atoms with Crippen LogP contribution < -0.4 is 0 Å². The lowest BCUT2D eigenvalue weighted by Gasteiger charge is -2.29. The van der Waals surface area contributed by atoms with Gasteiger partial charge in [-0.3, -0.25) is 4.79 Å². The summed E-state index contributed by atoms with van der Waals surface area (Å²) in [5.41, 5.74) is 4.80. The third-order valence-electron chi connectivity index (χ3n) is 5.44. The van der Waals surface area contributed by atoms with Crippen LogP contribution in [0.5, 0.6) is 0 Å². The van der Waals surface area contributed by atoms with Gasteiger partial charge in [-0.05, 0) is 41.8 Å². The average Bonchev–Trinajstić information content (AvgIpc) is 3.29. The van der Waals surface area contributed by atoms with Crippen molar-refractivity contribution in [2.45, 2.75) is 13.0 Å². The van der Waals surface area contributed by atoms with Crippen molar-refractivity contribution in [3.63, 3.8) is 0 Å². The van der Waals surface area contributed by atoms with Crippen molar-refractivity contribution in [1.29, 1.82) is 0 Å². The Morgan fingerprint density at radius 1 is 0.933 bits per heavy atom. The van der Waals surface area contributed by atoms with Gasteiger partial charge in [0.1, 0.15) is 0 Å². The summed E-state index contributed by atoms with van der Waals surface area (Å²) in [4.78, 5) is 19.7. The lowest BCUT2D eigenvalue weighted by atomic mass is 9.98. The van der Waals surface area contributed by atoms with E-state index in [1.165, 1.54) is 11.1 Å². The largest absolute Gasteiger partial charge is 0.436 e. The minimum absolute atomic E-state index is 0.00324. The molecule has 0 bridgehead atoms. The molecule has 0 spiro atoms. The van der Waals surface area contributed by atoms with Gasteiger partial charge in [-0.2, -0.15) is 0 Å². The van der Waals surface area contributed by atoms with Gasteiger partial charge < -0.3 is 9.32 Å². The minimum Gasteiger partial charge on any atom is -0.436 e. The standard InChI is InChI=1S/C25H19BrN2O2/c26-20-11-9-18(10-12-20)23-15-27-24(30-23)21-7-3-4-8-22(21)25(29)28-14-13-17-5-1-2-6-19(17)16-28/h1-12,15H,13-14,16H2. The molecule has 0 radical (unpaired) electrons. The summed E-state index contributed by atoms with van der Waals surface area (Å²) >= 11 is 3.44. The zero-order valence-electron chi connectivity index (χ0n) is 16.2. The molecule has 1 aliphatic heterocycles. The Balaban J connectivity index is 1.45. The lowest BCUT2D eigenvalue weighted by Crippen LogP contribution is -2.36. The Morgan fingerprint density at radius 2 is 1.67 bits per heavy atom. The van der Waals surface area contributed by atoms with Crippen LogP contribution in [0.15, 0.2) is 87.9 Å². The molecule has 1 aliphatic rings. The van der Waals surface area contributed by atoms with Crippen molar-refractivity contribution in [2.75, 3.05) is 6.54 Å². The van der Waals surface area contributed by atoms with E-state index in [9.17, 15) is 4.79 Å². The highest BCUT2D eigenvalue weighted by Crippen LogP contribution is 2.30. The first kappa shape index (κ1) is 18.8. The first-order chi connectivity index (χ1) is 14.7. The zero-order valence-corrected chi connectivity index (χ0v) is 17.8. The molecule has 4 nitrogen and oxygen atoms in total. The normalized spacial score (nSPS) is 13.2. The highest BCUT2D eigenvalue weighted by molar-refractivity contribution is 9.10. The van der Waals surface area contributed by atoms with E-state index < -0.39 is 0 Å². The number of benzene rings is 3. The monoisotopic (exact) mass is 458 g/mol. The molecule has 0 saturated heterocycles. The van der Waals surface area contributed by atoms with E-state index in [1.807, 2.05) is 59.5 Å². The molecule has 0 atom stereocenters. The molecule has 1 amide bonds. The first-order valence-corrected chi connectivity index (χ1v) is 10.7. The SMILES string of the molecule is O=C(c1ccccc1-c1ncc(-c2ccc(Br)cc2)o1)N1CCc2ccccc2C1. The van der Waals surface area contributed by atoms with Crippen molar-refractivity contribution in [3.8, 4) is 22.8 Å². The lowest BCUT2D eigenvalue weighted by molar-refractivity contribution is 0.0735. The highest BCUT2D eigenvalue weighted by Gasteiger charge is 2.25. The Labute approximate surface area is 183 Å². The van der Waals surface area contributed by atoms with Crippen LogP contribution in [0.4, 0.5) is 0 Å². The molecule has 3 aromatic carbocycles. The van der Waals surface area contributed by atoms with E-state index in [2.05, 4.69) is 39.1 Å². The van der Waals surface area contributed by atoms with Gasteiger partial charge in [-0.25, -0.2) is 4.98 Å². The number of halogens is 1. The fraction of sp³-hybridized carbons (Fsp3) is 0.120. The number of amides is 1. The molecule has 5 heteroatoms. The summed E-state index contributed by atoms with van der Waals surface area (Å²) in [7, 11) is 0. The topological polar surface area (TPSA) is 46.3 Å². The Hall–Kier alpha value is -3.18. The number of rotatable bonds is 3. The van der Waals surface area contributed by atoms with Crippen molar-refractivity contribution in [2.24, 2.45) is 0 Å². The second kappa shape index (κ2) is 7.92. The average molecular weight is 459 g/mol. The Morgan fingerprint density at radius 3 is 2.50 bits per heavy atom. The van der Waals surface area contributed by atoms with Gasteiger partial charge >= 0.3 is 0 Å². The van der Waals surface area contributed by atoms with E-state index >= 15 is 0 Å². The predicted octanol–water partition coefficient (Wildman–Crippen LogP) is 5.97. The second-order valence-electron chi connectivity index (χ2n) is 7.33. The molecular weight excluding hydrogens is 440 g/mol. The van der Waals surface area contributed by atoms with Crippen LogP contribution >= 0.6 is 15.9 Å². The predicted molar refractivity (Wildman–Crippen MR) is 120 cm³/mol. The number of hydrogen-bond donors (Lipinski definition) is 0. The van der Waals surface area contributed by atoms with E-state index in [-0.39, 0.29) is 5.91 Å². The third-order valence-corrected chi connectivity index (χ3v) is 5.97. The molecule has 5 rings (SSSR count). The Kier molecular flexibility index (Phi) is 4.97. The van der Waals surface area contributed by atoms with Crippen LogP contribution in [0, 0.1) is 0 Å². The van der Waals surface area contributed by atoms with Crippen LogP contribution in [0.1, 0.15) is 21.5 Å². The molecule has 2 heterocycles. The summed E-state index contributed by atoms with van der Waals surface area (Å²) in [5, 5.41) is 0. The van der Waals surface area contributed by atoms with Crippen LogP contribution in [-0.2, 0) is 13.0 Å². The first-order valence-electron chi connectivity index (χ1n) is 9.86. The van der Waals surface area contributed by atoms with Crippen molar-refractivity contribution < 1.29 is 9.21 Å². The fourth-order valence-electron chi connectivity index (χ4n) is 3.84. The number of carbonyl (C=O) groups excluding carboxylic acids is 1. The van der Waals surface area contributed by atoms with Crippen molar-refractivity contribution in [3.05, 3.63) is 100 Å². The van der Waals surface area contributed by atoms with Crippen LogP contribution in [0.3, 0.4) is 0 Å².